The zero-order valence-corrected chi connectivity index (χ0v) is 17.2. The molecular weight excluding hydrogens is 422 g/mol. The van der Waals surface area contributed by atoms with E-state index in [1.807, 2.05) is 4.90 Å². The molecule has 2 N–H and O–H groups in total. The number of fused-ring (bicyclic) bond motifs is 1. The topological polar surface area (TPSA) is 56.8 Å². The summed E-state index contributed by atoms with van der Waals surface area (Å²) < 4.78 is 52.4. The molecule has 32 heavy (non-hydrogen) atoms. The van der Waals surface area contributed by atoms with Crippen LogP contribution in [0.5, 0.6) is 0 Å². The summed E-state index contributed by atoms with van der Waals surface area (Å²) in [6, 6.07) is 10.6. The molecule has 0 radical (unpaired) electrons. The van der Waals surface area contributed by atoms with Gasteiger partial charge in [-0.05, 0) is 61.1 Å². The summed E-state index contributed by atoms with van der Waals surface area (Å²) in [6.07, 6.45) is -0.606. The van der Waals surface area contributed by atoms with Crippen LogP contribution in [0.1, 0.15) is 24.1 Å². The molecule has 1 aromatic carbocycles. The number of anilines is 1. The zero-order chi connectivity index (χ0) is 22.3. The molecule has 2 aromatic heterocycles. The third-order valence-electron chi connectivity index (χ3n) is 6.61. The number of benzene rings is 1. The molecule has 5 nitrogen and oxygen atoms in total. The van der Waals surface area contributed by atoms with Gasteiger partial charge in [0.05, 0.1) is 11.9 Å². The number of nitrogens with zero attached hydrogens (tertiary/aromatic N) is 3. The van der Waals surface area contributed by atoms with Gasteiger partial charge in [-0.25, -0.2) is 9.37 Å². The van der Waals surface area contributed by atoms with Gasteiger partial charge in [0.1, 0.15) is 17.3 Å². The second-order valence-corrected chi connectivity index (χ2v) is 8.55. The molecule has 1 aliphatic heterocycles. The number of H-pyrrole nitrogens is 1. The maximum absolute atomic E-state index is 13.2. The molecule has 1 saturated carbocycles. The minimum atomic E-state index is -4.44. The highest BCUT2D eigenvalue weighted by atomic mass is 19.4. The van der Waals surface area contributed by atoms with E-state index in [9.17, 15) is 17.6 Å². The molecule has 1 saturated heterocycles. The fourth-order valence-electron chi connectivity index (χ4n) is 5.02. The summed E-state index contributed by atoms with van der Waals surface area (Å²) in [5.74, 6) is 0.893. The molecule has 5 rings (SSSR count). The van der Waals surface area contributed by atoms with Crippen molar-refractivity contribution in [1.82, 2.24) is 20.5 Å². The zero-order valence-electron chi connectivity index (χ0n) is 17.2. The number of nitrogens with one attached hydrogen (secondary N) is 2. The number of aromatic amines is 1. The average molecular weight is 445 g/mol. The van der Waals surface area contributed by atoms with E-state index in [1.54, 1.807) is 24.4 Å². The number of hydrogen-bond acceptors (Lipinski definition) is 4. The first-order valence-electron chi connectivity index (χ1n) is 10.7. The van der Waals surface area contributed by atoms with Gasteiger partial charge in [-0.3, -0.25) is 5.10 Å². The molecule has 168 valence electrons. The Balaban J connectivity index is 1.25. The maximum atomic E-state index is 13.2. The molecule has 1 aliphatic carbocycles. The minimum Gasteiger partial charge on any atom is -0.356 e. The molecule has 3 atom stereocenters. The van der Waals surface area contributed by atoms with E-state index in [1.165, 1.54) is 18.2 Å². The van der Waals surface area contributed by atoms with Crippen LogP contribution in [0.3, 0.4) is 0 Å². The van der Waals surface area contributed by atoms with Crippen LogP contribution in [0.2, 0.25) is 0 Å². The predicted octanol–water partition coefficient (Wildman–Crippen LogP) is 4.63. The summed E-state index contributed by atoms with van der Waals surface area (Å²) in [6.45, 7) is 2.02. The van der Waals surface area contributed by atoms with Gasteiger partial charge in [-0.2, -0.15) is 18.3 Å². The Morgan fingerprint density at radius 2 is 1.88 bits per heavy atom. The first kappa shape index (κ1) is 20.9. The van der Waals surface area contributed by atoms with Crippen molar-refractivity contribution in [2.75, 3.05) is 18.0 Å². The Morgan fingerprint density at radius 3 is 2.66 bits per heavy atom. The van der Waals surface area contributed by atoms with Crippen molar-refractivity contribution in [2.45, 2.75) is 31.6 Å². The lowest BCUT2D eigenvalue weighted by Gasteiger charge is -2.23. The SMILES string of the molecule is Fc1ccc(-c2[nH]ncc2CNC2CCC3CN(c4cccc(C(F)(F)F)n4)CC32)cc1. The Morgan fingerprint density at radius 1 is 1.06 bits per heavy atom. The van der Waals surface area contributed by atoms with Crippen molar-refractivity contribution in [3.63, 3.8) is 0 Å². The number of hydrogen-bond donors (Lipinski definition) is 2. The Bertz CT molecular complexity index is 1080. The van der Waals surface area contributed by atoms with Crippen LogP contribution in [0.15, 0.2) is 48.7 Å². The molecular formula is C23H23F4N5. The van der Waals surface area contributed by atoms with Gasteiger partial charge in [0.15, 0.2) is 0 Å². The van der Waals surface area contributed by atoms with E-state index < -0.39 is 11.9 Å². The highest BCUT2D eigenvalue weighted by Crippen LogP contribution is 2.40. The summed E-state index contributed by atoms with van der Waals surface area (Å²) >= 11 is 0. The van der Waals surface area contributed by atoms with E-state index in [-0.39, 0.29) is 11.9 Å². The molecule has 0 bridgehead atoms. The van der Waals surface area contributed by atoms with Crippen LogP contribution in [0.4, 0.5) is 23.4 Å². The normalized spacial score (nSPS) is 23.0. The third kappa shape index (κ3) is 4.09. The number of aromatic nitrogens is 3. The van der Waals surface area contributed by atoms with E-state index in [4.69, 9.17) is 0 Å². The monoisotopic (exact) mass is 445 g/mol. The fraction of sp³-hybridized carbons (Fsp3) is 0.391. The summed E-state index contributed by atoms with van der Waals surface area (Å²) in [7, 11) is 0. The van der Waals surface area contributed by atoms with E-state index in [0.29, 0.717) is 30.7 Å². The highest BCUT2D eigenvalue weighted by Gasteiger charge is 2.43. The number of rotatable bonds is 5. The largest absolute Gasteiger partial charge is 0.433 e. The lowest BCUT2D eigenvalue weighted by molar-refractivity contribution is -0.141. The van der Waals surface area contributed by atoms with Gasteiger partial charge in [-0.15, -0.1) is 0 Å². The molecule has 0 spiro atoms. The van der Waals surface area contributed by atoms with Crippen LogP contribution in [0, 0.1) is 17.7 Å². The van der Waals surface area contributed by atoms with Crippen molar-refractivity contribution in [2.24, 2.45) is 11.8 Å². The average Bonchev–Trinajstić information content (AvgIpc) is 3.49. The van der Waals surface area contributed by atoms with Crippen LogP contribution in [0.25, 0.3) is 11.3 Å². The number of alkyl halides is 3. The molecule has 3 unspecified atom stereocenters. The first-order valence-corrected chi connectivity index (χ1v) is 10.7. The van der Waals surface area contributed by atoms with E-state index in [0.717, 1.165) is 42.3 Å². The maximum Gasteiger partial charge on any atom is 0.433 e. The minimum absolute atomic E-state index is 0.270. The van der Waals surface area contributed by atoms with Crippen molar-refractivity contribution in [3.8, 4) is 11.3 Å². The van der Waals surface area contributed by atoms with Gasteiger partial charge < -0.3 is 10.2 Å². The van der Waals surface area contributed by atoms with Crippen LogP contribution < -0.4 is 10.2 Å². The van der Waals surface area contributed by atoms with E-state index in [2.05, 4.69) is 20.5 Å². The predicted molar refractivity (Wildman–Crippen MR) is 112 cm³/mol. The van der Waals surface area contributed by atoms with E-state index >= 15 is 0 Å². The van der Waals surface area contributed by atoms with Gasteiger partial charge in [0, 0.05) is 36.8 Å². The lowest BCUT2D eigenvalue weighted by atomic mass is 9.97. The van der Waals surface area contributed by atoms with Gasteiger partial charge >= 0.3 is 6.18 Å². The Labute approximate surface area is 182 Å². The van der Waals surface area contributed by atoms with Crippen molar-refractivity contribution in [1.29, 1.82) is 0 Å². The van der Waals surface area contributed by atoms with Crippen LogP contribution in [-0.2, 0) is 12.7 Å². The number of pyridine rings is 1. The molecule has 9 heteroatoms. The summed E-state index contributed by atoms with van der Waals surface area (Å²) in [5, 5.41) is 10.8. The number of halogens is 4. The van der Waals surface area contributed by atoms with Crippen molar-refractivity contribution in [3.05, 3.63) is 65.7 Å². The van der Waals surface area contributed by atoms with Crippen LogP contribution in [-0.4, -0.2) is 34.3 Å². The fourth-order valence-corrected chi connectivity index (χ4v) is 5.02. The first-order chi connectivity index (χ1) is 15.4. The standard InChI is InChI=1S/C23H23F4N5/c24-17-7-4-14(5-8-17)22-16(11-29-31-22)10-28-19-9-6-15-12-32(13-18(15)19)21-3-1-2-20(30-21)23(25,26)27/h1-5,7-8,11,15,18-19,28H,6,9-10,12-13H2,(H,29,31). The lowest BCUT2D eigenvalue weighted by Crippen LogP contribution is -2.35. The highest BCUT2D eigenvalue weighted by molar-refractivity contribution is 5.62. The van der Waals surface area contributed by atoms with Crippen molar-refractivity contribution < 1.29 is 17.6 Å². The van der Waals surface area contributed by atoms with Crippen LogP contribution >= 0.6 is 0 Å². The molecule has 0 amide bonds. The molecule has 2 aliphatic rings. The smallest absolute Gasteiger partial charge is 0.356 e. The Hall–Kier alpha value is -2.94. The summed E-state index contributed by atoms with van der Waals surface area (Å²) in [5.41, 5.74) is 1.87. The Kier molecular flexibility index (Phi) is 5.36. The van der Waals surface area contributed by atoms with Gasteiger partial charge in [0.25, 0.3) is 0 Å². The van der Waals surface area contributed by atoms with Crippen molar-refractivity contribution >= 4 is 5.82 Å². The molecule has 3 heterocycles. The molecule has 3 aromatic rings. The van der Waals surface area contributed by atoms with Gasteiger partial charge in [0.2, 0.25) is 0 Å². The quantitative estimate of drug-likeness (QED) is 0.562. The molecule has 2 fully saturated rings. The third-order valence-corrected chi connectivity index (χ3v) is 6.61. The summed E-state index contributed by atoms with van der Waals surface area (Å²) in [4.78, 5) is 5.83. The van der Waals surface area contributed by atoms with Gasteiger partial charge in [-0.1, -0.05) is 6.07 Å². The second kappa shape index (κ2) is 8.20. The second-order valence-electron chi connectivity index (χ2n) is 8.55.